The maximum absolute atomic E-state index is 10.2. The Balaban J connectivity index is 2.69. The summed E-state index contributed by atoms with van der Waals surface area (Å²) in [5.41, 5.74) is 0. The van der Waals surface area contributed by atoms with Gasteiger partial charge >= 0.3 is 0 Å². The molecule has 0 saturated heterocycles. The third kappa shape index (κ3) is 3.10. The van der Waals surface area contributed by atoms with Gasteiger partial charge in [0.25, 0.3) is 0 Å². The van der Waals surface area contributed by atoms with E-state index in [0.717, 1.165) is 24.1 Å². The van der Waals surface area contributed by atoms with E-state index in [2.05, 4.69) is 16.7 Å². The highest BCUT2D eigenvalue weighted by Gasteiger charge is 2.25. The molecule has 13 heavy (non-hydrogen) atoms. The molecule has 0 heterocycles. The molecular weight excluding hydrogens is 192 g/mol. The monoisotopic (exact) mass is 207 g/mol. The number of hydrogen-bond donors (Lipinski definition) is 1. The standard InChI is InChI=1S/C10H15OSi2/c1-2-3-9-13(11,12)10-7-5-4-6-8-10/h4-8,11H,2-3,9H2,1H3. The van der Waals surface area contributed by atoms with Gasteiger partial charge in [-0.25, -0.2) is 0 Å². The second-order valence-corrected chi connectivity index (χ2v) is 8.61. The zero-order chi connectivity index (χ0) is 9.73. The topological polar surface area (TPSA) is 20.2 Å². The van der Waals surface area contributed by atoms with E-state index in [9.17, 15) is 4.80 Å². The molecule has 1 rings (SSSR count). The Hall–Kier alpha value is -0.386. The summed E-state index contributed by atoms with van der Waals surface area (Å²) in [6.07, 6.45) is 2.22. The molecule has 1 N–H and O–H groups in total. The van der Waals surface area contributed by atoms with E-state index in [4.69, 9.17) is 0 Å². The molecule has 3 heteroatoms. The van der Waals surface area contributed by atoms with Crippen LogP contribution >= 0.6 is 0 Å². The summed E-state index contributed by atoms with van der Waals surface area (Å²) in [6, 6.07) is 10.8. The van der Waals surface area contributed by atoms with Gasteiger partial charge in [0.1, 0.15) is 0 Å². The largest absolute Gasteiger partial charge is 0.431 e. The quantitative estimate of drug-likeness (QED) is 0.738. The minimum atomic E-state index is -2.29. The van der Waals surface area contributed by atoms with Crippen molar-refractivity contribution in [3.63, 3.8) is 0 Å². The SMILES string of the molecule is CCCC[Si](O)([Si])c1ccccc1. The van der Waals surface area contributed by atoms with Crippen molar-refractivity contribution in [2.45, 2.75) is 25.8 Å². The van der Waals surface area contributed by atoms with Crippen LogP contribution in [0.2, 0.25) is 6.04 Å². The van der Waals surface area contributed by atoms with Crippen LogP contribution in [-0.4, -0.2) is 22.4 Å². The summed E-state index contributed by atoms with van der Waals surface area (Å²) < 4.78 is 0. The molecule has 0 bridgehead atoms. The van der Waals surface area contributed by atoms with Gasteiger partial charge < -0.3 is 4.80 Å². The first-order valence-electron chi connectivity index (χ1n) is 4.69. The van der Waals surface area contributed by atoms with Crippen molar-refractivity contribution >= 4 is 22.8 Å². The fourth-order valence-electron chi connectivity index (χ4n) is 1.29. The molecule has 3 radical (unpaired) electrons. The van der Waals surface area contributed by atoms with Crippen LogP contribution in [0.25, 0.3) is 0 Å². The Morgan fingerprint density at radius 1 is 1.31 bits per heavy atom. The smallest absolute Gasteiger partial charge is 0.196 e. The third-order valence-corrected chi connectivity index (χ3v) is 6.13. The van der Waals surface area contributed by atoms with E-state index < -0.39 is 7.83 Å². The molecule has 0 amide bonds. The summed E-state index contributed by atoms with van der Waals surface area (Å²) >= 11 is 0. The molecule has 0 spiro atoms. The first-order valence-corrected chi connectivity index (χ1v) is 8.35. The van der Waals surface area contributed by atoms with Crippen LogP contribution in [0.5, 0.6) is 0 Å². The zero-order valence-corrected chi connectivity index (χ0v) is 9.96. The Morgan fingerprint density at radius 3 is 2.46 bits per heavy atom. The van der Waals surface area contributed by atoms with E-state index in [1.54, 1.807) is 0 Å². The molecule has 0 aliphatic carbocycles. The zero-order valence-electron chi connectivity index (χ0n) is 7.96. The third-order valence-electron chi connectivity index (χ3n) is 2.14. The van der Waals surface area contributed by atoms with Crippen molar-refractivity contribution in [3.8, 4) is 0 Å². The van der Waals surface area contributed by atoms with Crippen molar-refractivity contribution < 1.29 is 4.80 Å². The molecule has 0 aromatic heterocycles. The molecule has 0 fully saturated rings. The summed E-state index contributed by atoms with van der Waals surface area (Å²) in [4.78, 5) is 10.2. The Labute approximate surface area is 84.1 Å². The molecule has 1 aromatic rings. The minimum absolute atomic E-state index is 0.893. The van der Waals surface area contributed by atoms with E-state index in [-0.39, 0.29) is 0 Å². The fourth-order valence-corrected chi connectivity index (χ4v) is 4.22. The molecular formula is C10H15OSi2. The van der Waals surface area contributed by atoms with Gasteiger partial charge in [-0.1, -0.05) is 50.1 Å². The van der Waals surface area contributed by atoms with Gasteiger partial charge in [-0.15, -0.1) is 0 Å². The lowest BCUT2D eigenvalue weighted by atomic mass is 10.4. The summed E-state index contributed by atoms with van der Waals surface area (Å²) in [5, 5.41) is 1.07. The van der Waals surface area contributed by atoms with Gasteiger partial charge in [-0.05, 0) is 11.2 Å². The van der Waals surface area contributed by atoms with Gasteiger partial charge in [0.2, 0.25) is 0 Å². The molecule has 1 aromatic carbocycles. The van der Waals surface area contributed by atoms with Crippen molar-refractivity contribution in [2.24, 2.45) is 0 Å². The lowest BCUT2D eigenvalue weighted by Gasteiger charge is -2.20. The molecule has 0 aliphatic rings. The first-order chi connectivity index (χ1) is 6.17. The highest BCUT2D eigenvalue weighted by Crippen LogP contribution is 2.07. The Bertz CT molecular complexity index is 246. The molecule has 69 valence electrons. The maximum Gasteiger partial charge on any atom is 0.196 e. The highest BCUT2D eigenvalue weighted by molar-refractivity contribution is 7.20. The van der Waals surface area contributed by atoms with Crippen LogP contribution < -0.4 is 5.19 Å². The lowest BCUT2D eigenvalue weighted by Crippen LogP contribution is -2.48. The van der Waals surface area contributed by atoms with E-state index >= 15 is 0 Å². The van der Waals surface area contributed by atoms with Crippen molar-refractivity contribution in [1.29, 1.82) is 0 Å². The average molecular weight is 207 g/mol. The van der Waals surface area contributed by atoms with Crippen LogP contribution in [0.4, 0.5) is 0 Å². The number of benzene rings is 1. The van der Waals surface area contributed by atoms with E-state index in [1.807, 2.05) is 30.3 Å². The Morgan fingerprint density at radius 2 is 1.92 bits per heavy atom. The number of hydrogen-bond acceptors (Lipinski definition) is 1. The molecule has 0 saturated carbocycles. The first kappa shape index (κ1) is 10.7. The molecule has 1 unspecified atom stereocenters. The minimum Gasteiger partial charge on any atom is -0.431 e. The van der Waals surface area contributed by atoms with Crippen molar-refractivity contribution in [3.05, 3.63) is 30.3 Å². The van der Waals surface area contributed by atoms with Crippen LogP contribution in [-0.2, 0) is 0 Å². The summed E-state index contributed by atoms with van der Waals surface area (Å²) in [6.45, 7) is 2.14. The van der Waals surface area contributed by atoms with Crippen molar-refractivity contribution in [2.75, 3.05) is 0 Å². The van der Waals surface area contributed by atoms with Gasteiger partial charge in [-0.2, -0.15) is 0 Å². The van der Waals surface area contributed by atoms with Crippen LogP contribution in [0.15, 0.2) is 30.3 Å². The highest BCUT2D eigenvalue weighted by atomic mass is 29.2. The van der Waals surface area contributed by atoms with Crippen LogP contribution in [0.1, 0.15) is 19.8 Å². The lowest BCUT2D eigenvalue weighted by molar-refractivity contribution is 0.567. The normalized spacial score (nSPS) is 15.3. The second-order valence-electron chi connectivity index (χ2n) is 3.33. The van der Waals surface area contributed by atoms with Crippen LogP contribution in [0, 0.1) is 0 Å². The second kappa shape index (κ2) is 4.74. The molecule has 1 atom stereocenters. The van der Waals surface area contributed by atoms with E-state index in [1.165, 1.54) is 0 Å². The predicted molar refractivity (Wildman–Crippen MR) is 59.5 cm³/mol. The number of unbranched alkanes of at least 4 members (excludes halogenated alkanes) is 1. The van der Waals surface area contributed by atoms with Gasteiger partial charge in [0.15, 0.2) is 7.83 Å². The predicted octanol–water partition coefficient (Wildman–Crippen LogP) is 1.30. The molecule has 0 aliphatic heterocycles. The summed E-state index contributed by atoms with van der Waals surface area (Å²) in [7, 11) is 1.24. The van der Waals surface area contributed by atoms with E-state index in [0.29, 0.717) is 0 Å². The average Bonchev–Trinajstić information content (AvgIpc) is 2.16. The maximum atomic E-state index is 10.2. The van der Waals surface area contributed by atoms with Gasteiger partial charge in [-0.3, -0.25) is 0 Å². The summed E-state index contributed by atoms with van der Waals surface area (Å²) in [5.74, 6) is 0. The van der Waals surface area contributed by atoms with Gasteiger partial charge in [0, 0.05) is 0 Å². The van der Waals surface area contributed by atoms with Crippen molar-refractivity contribution in [1.82, 2.24) is 0 Å². The number of rotatable bonds is 4. The Kier molecular flexibility index (Phi) is 3.90. The van der Waals surface area contributed by atoms with Crippen LogP contribution in [0.3, 0.4) is 0 Å². The van der Waals surface area contributed by atoms with Gasteiger partial charge in [0.05, 0.1) is 9.76 Å². The fraction of sp³-hybridized carbons (Fsp3) is 0.400. The molecule has 1 nitrogen and oxygen atoms in total.